The maximum atomic E-state index is 13.3. The first-order valence-corrected chi connectivity index (χ1v) is 12.1. The number of carbonyl (C=O) groups is 2. The molecule has 1 unspecified atom stereocenters. The number of hydrogen-bond donors (Lipinski definition) is 2. The molecule has 0 aliphatic heterocycles. The van der Waals surface area contributed by atoms with Gasteiger partial charge in [0, 0.05) is 18.2 Å². The van der Waals surface area contributed by atoms with Crippen LogP contribution in [0.25, 0.3) is 0 Å². The van der Waals surface area contributed by atoms with E-state index in [4.69, 9.17) is 9.47 Å². The Balaban J connectivity index is 1.46. The number of hydrogen-bond acceptors (Lipinski definition) is 5. The topological polar surface area (TPSA) is 76.7 Å². The molecule has 1 heterocycles. The number of ether oxygens (including phenoxy) is 2. The number of para-hydroxylation sites is 1. The van der Waals surface area contributed by atoms with Crippen LogP contribution < -0.4 is 15.4 Å². The Morgan fingerprint density at radius 1 is 0.829 bits per heavy atom. The van der Waals surface area contributed by atoms with E-state index in [0.717, 1.165) is 16.9 Å². The minimum atomic E-state index is -0.605. The lowest BCUT2D eigenvalue weighted by molar-refractivity contribution is -0.119. The van der Waals surface area contributed by atoms with Crippen molar-refractivity contribution in [3.63, 3.8) is 0 Å². The number of amides is 2. The molecule has 6 nitrogen and oxygen atoms in total. The van der Waals surface area contributed by atoms with Crippen LogP contribution in [0, 0.1) is 0 Å². The van der Waals surface area contributed by atoms with Crippen molar-refractivity contribution in [3.8, 4) is 11.5 Å². The fourth-order valence-electron chi connectivity index (χ4n) is 3.49. The monoisotopic (exact) mass is 486 g/mol. The summed E-state index contributed by atoms with van der Waals surface area (Å²) in [5, 5.41) is 8.29. The van der Waals surface area contributed by atoms with Crippen molar-refractivity contribution in [2.75, 3.05) is 17.2 Å². The highest BCUT2D eigenvalue weighted by atomic mass is 32.1. The summed E-state index contributed by atoms with van der Waals surface area (Å²) in [7, 11) is 0. The highest BCUT2D eigenvalue weighted by molar-refractivity contribution is 7.14. The average molecular weight is 487 g/mol. The highest BCUT2D eigenvalue weighted by Crippen LogP contribution is 2.32. The second-order valence-electron chi connectivity index (χ2n) is 7.87. The summed E-state index contributed by atoms with van der Waals surface area (Å²) in [6.07, 6.45) is 0. The van der Waals surface area contributed by atoms with Crippen LogP contribution in [-0.2, 0) is 20.9 Å². The molecule has 0 aliphatic rings. The SMILES string of the molecule is CC(=O)Nc1sccc1C(COCc1ccccc1)C(=O)Nc1ccc(Oc2ccccc2)cc1. The molecule has 4 rings (SSSR count). The van der Waals surface area contributed by atoms with Crippen LogP contribution in [0.15, 0.2) is 96.4 Å². The van der Waals surface area contributed by atoms with Crippen molar-refractivity contribution in [1.29, 1.82) is 0 Å². The smallest absolute Gasteiger partial charge is 0.234 e. The second kappa shape index (κ2) is 12.0. The minimum absolute atomic E-state index is 0.166. The van der Waals surface area contributed by atoms with Gasteiger partial charge in [-0.2, -0.15) is 0 Å². The second-order valence-corrected chi connectivity index (χ2v) is 8.78. The first kappa shape index (κ1) is 24.2. The molecule has 2 N–H and O–H groups in total. The lowest BCUT2D eigenvalue weighted by atomic mass is 10.0. The minimum Gasteiger partial charge on any atom is -0.457 e. The van der Waals surface area contributed by atoms with Gasteiger partial charge in [-0.1, -0.05) is 48.5 Å². The van der Waals surface area contributed by atoms with E-state index in [-0.39, 0.29) is 18.4 Å². The van der Waals surface area contributed by atoms with Gasteiger partial charge in [0.1, 0.15) is 11.5 Å². The van der Waals surface area contributed by atoms with E-state index >= 15 is 0 Å². The van der Waals surface area contributed by atoms with E-state index in [1.165, 1.54) is 18.3 Å². The third-order valence-corrected chi connectivity index (χ3v) is 6.02. The third kappa shape index (κ3) is 7.02. The van der Waals surface area contributed by atoms with E-state index < -0.39 is 5.92 Å². The summed E-state index contributed by atoms with van der Waals surface area (Å²) in [6, 6.07) is 28.3. The molecule has 0 fully saturated rings. The van der Waals surface area contributed by atoms with Gasteiger partial charge in [0.2, 0.25) is 11.8 Å². The van der Waals surface area contributed by atoms with Gasteiger partial charge < -0.3 is 20.1 Å². The number of thiophene rings is 1. The zero-order valence-corrected chi connectivity index (χ0v) is 20.1. The molecular formula is C28H26N2O4S. The van der Waals surface area contributed by atoms with Crippen molar-refractivity contribution < 1.29 is 19.1 Å². The van der Waals surface area contributed by atoms with E-state index in [0.29, 0.717) is 23.0 Å². The Morgan fingerprint density at radius 3 is 2.17 bits per heavy atom. The Labute approximate surface area is 208 Å². The predicted octanol–water partition coefficient (Wildman–Crippen LogP) is 6.44. The van der Waals surface area contributed by atoms with Gasteiger partial charge in [-0.05, 0) is 53.4 Å². The van der Waals surface area contributed by atoms with Crippen LogP contribution in [0.2, 0.25) is 0 Å². The molecule has 0 bridgehead atoms. The Hall–Kier alpha value is -3.94. The molecular weight excluding hydrogens is 460 g/mol. The normalized spacial score (nSPS) is 11.5. The Kier molecular flexibility index (Phi) is 8.27. The van der Waals surface area contributed by atoms with Gasteiger partial charge in [0.25, 0.3) is 0 Å². The fraction of sp³-hybridized carbons (Fsp3) is 0.143. The van der Waals surface area contributed by atoms with Gasteiger partial charge in [-0.15, -0.1) is 11.3 Å². The van der Waals surface area contributed by atoms with Crippen LogP contribution in [0.4, 0.5) is 10.7 Å². The zero-order chi connectivity index (χ0) is 24.5. The summed E-state index contributed by atoms with van der Waals surface area (Å²) < 4.78 is 11.7. The quantitative estimate of drug-likeness (QED) is 0.271. The summed E-state index contributed by atoms with van der Waals surface area (Å²) in [6.45, 7) is 2.00. The first-order valence-electron chi connectivity index (χ1n) is 11.2. The molecule has 35 heavy (non-hydrogen) atoms. The average Bonchev–Trinajstić information content (AvgIpc) is 3.31. The molecule has 1 atom stereocenters. The van der Waals surface area contributed by atoms with E-state index in [2.05, 4.69) is 10.6 Å². The lowest BCUT2D eigenvalue weighted by Crippen LogP contribution is -2.25. The van der Waals surface area contributed by atoms with Crippen LogP contribution in [0.5, 0.6) is 11.5 Å². The van der Waals surface area contributed by atoms with Crippen LogP contribution >= 0.6 is 11.3 Å². The highest BCUT2D eigenvalue weighted by Gasteiger charge is 2.25. The molecule has 2 amide bonds. The first-order chi connectivity index (χ1) is 17.1. The zero-order valence-electron chi connectivity index (χ0n) is 19.3. The Morgan fingerprint density at radius 2 is 1.49 bits per heavy atom. The molecule has 178 valence electrons. The van der Waals surface area contributed by atoms with Crippen molar-refractivity contribution in [2.24, 2.45) is 0 Å². The summed E-state index contributed by atoms with van der Waals surface area (Å²) >= 11 is 1.38. The van der Waals surface area contributed by atoms with Crippen molar-refractivity contribution in [3.05, 3.63) is 108 Å². The van der Waals surface area contributed by atoms with Crippen molar-refractivity contribution in [2.45, 2.75) is 19.4 Å². The molecule has 3 aromatic carbocycles. The van der Waals surface area contributed by atoms with Gasteiger partial charge in [0.15, 0.2) is 0 Å². The maximum absolute atomic E-state index is 13.3. The molecule has 0 saturated carbocycles. The molecule has 0 radical (unpaired) electrons. The van der Waals surface area contributed by atoms with Gasteiger partial charge in [-0.3, -0.25) is 9.59 Å². The molecule has 0 aliphatic carbocycles. The molecule has 0 spiro atoms. The standard InChI is InChI=1S/C28H26N2O4S/c1-20(31)29-28-25(16-17-35-28)26(19-33-18-21-8-4-2-5-9-21)27(32)30-22-12-14-24(15-13-22)34-23-10-6-3-7-11-23/h2-17,26H,18-19H2,1H3,(H,29,31)(H,30,32). The number of benzene rings is 3. The summed E-state index contributed by atoms with van der Waals surface area (Å²) in [4.78, 5) is 25.0. The van der Waals surface area contributed by atoms with Crippen molar-refractivity contribution in [1.82, 2.24) is 0 Å². The lowest BCUT2D eigenvalue weighted by Gasteiger charge is -2.18. The predicted molar refractivity (Wildman–Crippen MR) is 139 cm³/mol. The largest absolute Gasteiger partial charge is 0.457 e. The molecule has 1 aromatic heterocycles. The third-order valence-electron chi connectivity index (χ3n) is 5.17. The summed E-state index contributed by atoms with van der Waals surface area (Å²) in [5.74, 6) is 0.393. The maximum Gasteiger partial charge on any atom is 0.234 e. The fourth-order valence-corrected chi connectivity index (χ4v) is 4.39. The van der Waals surface area contributed by atoms with E-state index in [1.807, 2.05) is 72.1 Å². The van der Waals surface area contributed by atoms with E-state index in [1.54, 1.807) is 24.3 Å². The van der Waals surface area contributed by atoms with Crippen LogP contribution in [0.3, 0.4) is 0 Å². The Bertz CT molecular complexity index is 1240. The molecule has 0 saturated heterocycles. The van der Waals surface area contributed by atoms with E-state index in [9.17, 15) is 9.59 Å². The van der Waals surface area contributed by atoms with Crippen molar-refractivity contribution >= 4 is 33.8 Å². The summed E-state index contributed by atoms with van der Waals surface area (Å²) in [5.41, 5.74) is 2.38. The number of carbonyl (C=O) groups excluding carboxylic acids is 2. The van der Waals surface area contributed by atoms with Crippen LogP contribution in [-0.4, -0.2) is 18.4 Å². The number of nitrogens with one attached hydrogen (secondary N) is 2. The molecule has 4 aromatic rings. The molecule has 7 heteroatoms. The van der Waals surface area contributed by atoms with Gasteiger partial charge in [-0.25, -0.2) is 0 Å². The number of anilines is 2. The van der Waals surface area contributed by atoms with Gasteiger partial charge in [0.05, 0.1) is 24.1 Å². The number of rotatable bonds is 10. The van der Waals surface area contributed by atoms with Crippen LogP contribution in [0.1, 0.15) is 24.0 Å². The van der Waals surface area contributed by atoms with Gasteiger partial charge >= 0.3 is 0 Å².